The molecule has 2 aliphatic carbocycles. The molecule has 29 heavy (non-hydrogen) atoms. The third-order valence-corrected chi connectivity index (χ3v) is 5.06. The maximum Gasteiger partial charge on any atom is 0.308 e. The quantitative estimate of drug-likeness (QED) is 0.442. The molecular formula is C23H24O6. The predicted molar refractivity (Wildman–Crippen MR) is 105 cm³/mol. The predicted octanol–water partition coefficient (Wildman–Crippen LogP) is 3.47. The summed E-state index contributed by atoms with van der Waals surface area (Å²) in [7, 11) is 0. The van der Waals surface area contributed by atoms with Crippen molar-refractivity contribution in [3.63, 3.8) is 0 Å². The van der Waals surface area contributed by atoms with Gasteiger partial charge in [-0.3, -0.25) is 19.2 Å². The highest BCUT2D eigenvalue weighted by atomic mass is 16.6. The van der Waals surface area contributed by atoms with Crippen LogP contribution in [0.4, 0.5) is 0 Å². The molecule has 1 aromatic rings. The highest BCUT2D eigenvalue weighted by Crippen LogP contribution is 2.47. The van der Waals surface area contributed by atoms with Crippen LogP contribution >= 0.6 is 0 Å². The lowest BCUT2D eigenvalue weighted by Gasteiger charge is -2.28. The van der Waals surface area contributed by atoms with E-state index in [4.69, 9.17) is 9.47 Å². The second kappa shape index (κ2) is 7.10. The molecule has 6 nitrogen and oxygen atoms in total. The van der Waals surface area contributed by atoms with E-state index in [-0.39, 0.29) is 27.9 Å². The fourth-order valence-corrected chi connectivity index (χ4v) is 3.71. The topological polar surface area (TPSA) is 86.7 Å². The van der Waals surface area contributed by atoms with Crippen molar-refractivity contribution in [2.24, 2.45) is 0 Å². The standard InChI is InChI=1S/C23H24O6/c1-13(24)28-19-12-15(22(3,4)5)10-11-18(19)23(29-14(2)25)20(26)16-8-6-7-9-17(16)21(23)27/h8-12H,6-7H2,1-5H3. The minimum Gasteiger partial charge on any atom is -0.437 e. The third kappa shape index (κ3) is 3.43. The van der Waals surface area contributed by atoms with E-state index in [0.29, 0.717) is 12.8 Å². The van der Waals surface area contributed by atoms with Gasteiger partial charge in [0.2, 0.25) is 11.6 Å². The number of rotatable bonds is 3. The van der Waals surface area contributed by atoms with E-state index in [2.05, 4.69) is 0 Å². The molecule has 3 rings (SSSR count). The lowest BCUT2D eigenvalue weighted by Crippen LogP contribution is -2.43. The molecule has 1 aromatic carbocycles. The van der Waals surface area contributed by atoms with Crippen molar-refractivity contribution in [2.45, 2.75) is 58.5 Å². The molecule has 0 bridgehead atoms. The zero-order valence-corrected chi connectivity index (χ0v) is 17.3. The summed E-state index contributed by atoms with van der Waals surface area (Å²) in [5, 5.41) is 0. The Hall–Kier alpha value is -3.02. The molecule has 0 saturated heterocycles. The molecular weight excluding hydrogens is 372 g/mol. The molecule has 1 saturated carbocycles. The number of carbonyl (C=O) groups is 4. The zero-order valence-electron chi connectivity index (χ0n) is 17.3. The second-order valence-corrected chi connectivity index (χ2v) is 8.30. The van der Waals surface area contributed by atoms with Gasteiger partial charge in [-0.05, 0) is 36.0 Å². The van der Waals surface area contributed by atoms with Crippen molar-refractivity contribution >= 4 is 23.5 Å². The van der Waals surface area contributed by atoms with E-state index in [1.807, 2.05) is 20.8 Å². The largest absolute Gasteiger partial charge is 0.437 e. The Bertz CT molecular complexity index is 955. The maximum atomic E-state index is 13.4. The average molecular weight is 396 g/mol. The minimum atomic E-state index is -2.19. The number of hydrogen-bond acceptors (Lipinski definition) is 6. The zero-order chi connectivity index (χ0) is 21.6. The average Bonchev–Trinajstić information content (AvgIpc) is 2.83. The maximum absolute atomic E-state index is 13.4. The number of esters is 2. The van der Waals surface area contributed by atoms with Gasteiger partial charge in [0.1, 0.15) is 5.75 Å². The summed E-state index contributed by atoms with van der Waals surface area (Å²) in [4.78, 5) is 50.5. The molecule has 0 aromatic heterocycles. The van der Waals surface area contributed by atoms with Crippen molar-refractivity contribution in [3.8, 4) is 5.75 Å². The molecule has 2 aliphatic rings. The first-order chi connectivity index (χ1) is 13.5. The third-order valence-electron chi connectivity index (χ3n) is 5.06. The van der Waals surface area contributed by atoms with Crippen LogP contribution in [0, 0.1) is 0 Å². The highest BCUT2D eigenvalue weighted by Gasteiger charge is 2.60. The van der Waals surface area contributed by atoms with Gasteiger partial charge < -0.3 is 9.47 Å². The molecule has 1 fully saturated rings. The molecule has 6 heteroatoms. The second-order valence-electron chi connectivity index (χ2n) is 8.30. The van der Waals surface area contributed by atoms with E-state index in [0.717, 1.165) is 12.5 Å². The summed E-state index contributed by atoms with van der Waals surface area (Å²) < 4.78 is 10.8. The number of carbonyl (C=O) groups excluding carboxylic acids is 4. The Morgan fingerprint density at radius 2 is 1.48 bits per heavy atom. The smallest absolute Gasteiger partial charge is 0.308 e. The fraction of sp³-hybridized carbons (Fsp3) is 0.391. The number of allylic oxidation sites excluding steroid dienone is 2. The van der Waals surface area contributed by atoms with Gasteiger partial charge in [0, 0.05) is 25.0 Å². The van der Waals surface area contributed by atoms with Gasteiger partial charge in [-0.15, -0.1) is 0 Å². The molecule has 0 spiro atoms. The normalized spacial score (nSPS) is 18.0. The first kappa shape index (κ1) is 20.7. The Balaban J connectivity index is 2.31. The van der Waals surface area contributed by atoms with Crippen LogP contribution in [0.25, 0.3) is 0 Å². The van der Waals surface area contributed by atoms with Crippen LogP contribution < -0.4 is 4.74 Å². The molecule has 0 atom stereocenters. The van der Waals surface area contributed by atoms with E-state index >= 15 is 0 Å². The van der Waals surface area contributed by atoms with Gasteiger partial charge >= 0.3 is 11.9 Å². The monoisotopic (exact) mass is 396 g/mol. The van der Waals surface area contributed by atoms with E-state index in [1.165, 1.54) is 13.0 Å². The van der Waals surface area contributed by atoms with Crippen molar-refractivity contribution in [2.75, 3.05) is 0 Å². The summed E-state index contributed by atoms with van der Waals surface area (Å²) in [5.74, 6) is -2.57. The van der Waals surface area contributed by atoms with Gasteiger partial charge in [0.15, 0.2) is 0 Å². The van der Waals surface area contributed by atoms with Gasteiger partial charge in [0.25, 0.3) is 5.60 Å². The minimum absolute atomic E-state index is 0.0349. The Morgan fingerprint density at radius 1 is 0.931 bits per heavy atom. The number of ether oxygens (including phenoxy) is 2. The van der Waals surface area contributed by atoms with Crippen LogP contribution in [-0.4, -0.2) is 23.5 Å². The number of fused-ring (bicyclic) bond motifs is 1. The van der Waals surface area contributed by atoms with Crippen molar-refractivity contribution in [1.82, 2.24) is 0 Å². The molecule has 0 amide bonds. The van der Waals surface area contributed by atoms with Crippen LogP contribution in [-0.2, 0) is 34.9 Å². The van der Waals surface area contributed by atoms with Crippen LogP contribution in [0.2, 0.25) is 0 Å². The van der Waals surface area contributed by atoms with Crippen LogP contribution in [0.3, 0.4) is 0 Å². The van der Waals surface area contributed by atoms with E-state index < -0.39 is 29.1 Å². The summed E-state index contributed by atoms with van der Waals surface area (Å²) in [6, 6.07) is 4.90. The number of Topliss-reactive ketones (excluding diaryl/α,β-unsaturated/α-hetero) is 2. The fourth-order valence-electron chi connectivity index (χ4n) is 3.71. The molecule has 0 unspecified atom stereocenters. The lowest BCUT2D eigenvalue weighted by molar-refractivity contribution is -0.168. The van der Waals surface area contributed by atoms with Crippen molar-refractivity contribution in [1.29, 1.82) is 0 Å². The summed E-state index contributed by atoms with van der Waals surface area (Å²) >= 11 is 0. The van der Waals surface area contributed by atoms with Gasteiger partial charge in [0.05, 0.1) is 5.56 Å². The molecule has 152 valence electrons. The van der Waals surface area contributed by atoms with Gasteiger partial charge in [-0.25, -0.2) is 0 Å². The molecule has 0 radical (unpaired) electrons. The Labute approximate surface area is 169 Å². The summed E-state index contributed by atoms with van der Waals surface area (Å²) in [6.07, 6.45) is 4.62. The molecule has 0 aliphatic heterocycles. The number of hydrogen-bond donors (Lipinski definition) is 0. The summed E-state index contributed by atoms with van der Waals surface area (Å²) in [5.41, 5.74) is -1.07. The van der Waals surface area contributed by atoms with Gasteiger partial charge in [-0.2, -0.15) is 0 Å². The highest BCUT2D eigenvalue weighted by molar-refractivity contribution is 6.35. The summed E-state index contributed by atoms with van der Waals surface area (Å²) in [6.45, 7) is 8.32. The Morgan fingerprint density at radius 3 is 1.93 bits per heavy atom. The van der Waals surface area contributed by atoms with Crippen LogP contribution in [0.15, 0.2) is 41.5 Å². The van der Waals surface area contributed by atoms with Crippen molar-refractivity contribution in [3.05, 3.63) is 52.6 Å². The Kier molecular flexibility index (Phi) is 5.07. The van der Waals surface area contributed by atoms with Crippen LogP contribution in [0.5, 0.6) is 5.75 Å². The SMILES string of the molecule is CC(=O)Oc1cc(C(C)(C)C)ccc1C1(OC(C)=O)C(=O)C2=CCCC=C2C1=O. The van der Waals surface area contributed by atoms with E-state index in [9.17, 15) is 19.2 Å². The van der Waals surface area contributed by atoms with Crippen molar-refractivity contribution < 1.29 is 28.7 Å². The van der Waals surface area contributed by atoms with E-state index in [1.54, 1.807) is 24.3 Å². The van der Waals surface area contributed by atoms with Gasteiger partial charge in [-0.1, -0.05) is 39.0 Å². The van der Waals surface area contributed by atoms with Crippen LogP contribution in [0.1, 0.15) is 58.6 Å². The number of benzene rings is 1. The first-order valence-corrected chi connectivity index (χ1v) is 9.51. The molecule has 0 N–H and O–H groups in total. The number of ketones is 2. The first-order valence-electron chi connectivity index (χ1n) is 9.51. The molecule has 0 heterocycles. The lowest BCUT2D eigenvalue weighted by atomic mass is 9.82.